The molecule has 28 heavy (non-hydrogen) atoms. The largest absolute Gasteiger partial charge is 0.345 e. The second kappa shape index (κ2) is 8.00. The molecule has 0 amide bonds. The lowest BCUT2D eigenvalue weighted by Gasteiger charge is -2.33. The molecule has 0 atom stereocenters. The van der Waals surface area contributed by atoms with Crippen molar-refractivity contribution >= 4 is 49.7 Å². The Kier molecular flexibility index (Phi) is 5.62. The molecule has 1 aliphatic heterocycles. The number of anilines is 1. The zero-order chi connectivity index (χ0) is 19.7. The van der Waals surface area contributed by atoms with Crippen LogP contribution in [0.1, 0.15) is 0 Å². The van der Waals surface area contributed by atoms with E-state index in [1.54, 1.807) is 11.3 Å². The van der Waals surface area contributed by atoms with Crippen LogP contribution in [0, 0.1) is 0 Å². The van der Waals surface area contributed by atoms with Crippen LogP contribution in [0.25, 0.3) is 11.3 Å². The van der Waals surface area contributed by atoms with E-state index in [9.17, 15) is 8.42 Å². The van der Waals surface area contributed by atoms with Gasteiger partial charge in [-0.15, -0.1) is 11.3 Å². The first kappa shape index (κ1) is 19.7. The first-order chi connectivity index (χ1) is 13.4. The number of hydrogen-bond donors (Lipinski definition) is 0. The van der Waals surface area contributed by atoms with E-state index in [0.29, 0.717) is 31.2 Å². The number of piperazine rings is 1. The third-order valence-corrected chi connectivity index (χ3v) is 8.10. The molecule has 0 bridgehead atoms. The van der Waals surface area contributed by atoms with Crippen LogP contribution >= 0.6 is 34.5 Å². The minimum absolute atomic E-state index is 0.0904. The van der Waals surface area contributed by atoms with Gasteiger partial charge in [-0.3, -0.25) is 0 Å². The van der Waals surface area contributed by atoms with Gasteiger partial charge in [-0.25, -0.2) is 13.4 Å². The van der Waals surface area contributed by atoms with Crippen LogP contribution in [0.3, 0.4) is 0 Å². The molecule has 1 fully saturated rings. The summed E-state index contributed by atoms with van der Waals surface area (Å²) in [6, 6.07) is 14.4. The number of benzene rings is 2. The van der Waals surface area contributed by atoms with Gasteiger partial charge in [0.15, 0.2) is 5.13 Å². The Morgan fingerprint density at radius 2 is 1.68 bits per heavy atom. The fraction of sp³-hybridized carbons (Fsp3) is 0.211. The molecule has 3 aromatic rings. The number of halogens is 2. The highest BCUT2D eigenvalue weighted by atomic mass is 35.5. The average Bonchev–Trinajstić information content (AvgIpc) is 3.19. The van der Waals surface area contributed by atoms with Crippen molar-refractivity contribution in [1.29, 1.82) is 0 Å². The lowest BCUT2D eigenvalue weighted by molar-refractivity contribution is 0.385. The molecule has 0 saturated carbocycles. The standard InChI is InChI=1S/C19H17Cl2N3O2S2/c20-15-6-7-18(16(21)12-15)28(25,26)24-10-8-23(9-11-24)19-22-17(13-27-19)14-4-2-1-3-5-14/h1-7,12-13H,8-11H2. The molecular weight excluding hydrogens is 437 g/mol. The van der Waals surface area contributed by atoms with Gasteiger partial charge >= 0.3 is 0 Å². The van der Waals surface area contributed by atoms with Crippen molar-refractivity contribution in [3.05, 3.63) is 64.0 Å². The van der Waals surface area contributed by atoms with Crippen LogP contribution in [0.5, 0.6) is 0 Å². The van der Waals surface area contributed by atoms with Gasteiger partial charge in [-0.2, -0.15) is 4.31 Å². The first-order valence-corrected chi connectivity index (χ1v) is 11.7. The van der Waals surface area contributed by atoms with Crippen molar-refractivity contribution in [2.75, 3.05) is 31.1 Å². The Balaban J connectivity index is 1.47. The lowest BCUT2D eigenvalue weighted by Crippen LogP contribution is -2.48. The molecule has 9 heteroatoms. The molecule has 5 nitrogen and oxygen atoms in total. The maximum atomic E-state index is 12.9. The minimum Gasteiger partial charge on any atom is -0.345 e. The molecule has 0 aliphatic carbocycles. The van der Waals surface area contributed by atoms with E-state index in [1.165, 1.54) is 22.5 Å². The smallest absolute Gasteiger partial charge is 0.244 e. The molecule has 0 unspecified atom stereocenters. The lowest BCUT2D eigenvalue weighted by atomic mass is 10.2. The van der Waals surface area contributed by atoms with Crippen LogP contribution < -0.4 is 4.90 Å². The number of sulfonamides is 1. The van der Waals surface area contributed by atoms with Crippen LogP contribution in [0.2, 0.25) is 10.0 Å². The van der Waals surface area contributed by atoms with E-state index in [0.717, 1.165) is 16.4 Å². The summed E-state index contributed by atoms with van der Waals surface area (Å²) >= 11 is 13.6. The second-order valence-corrected chi connectivity index (χ2v) is 9.93. The number of thiazole rings is 1. The van der Waals surface area contributed by atoms with Gasteiger partial charge in [0, 0.05) is 42.1 Å². The van der Waals surface area contributed by atoms with Crippen LogP contribution in [-0.4, -0.2) is 43.9 Å². The van der Waals surface area contributed by atoms with E-state index >= 15 is 0 Å². The third kappa shape index (κ3) is 3.90. The molecule has 2 heterocycles. The summed E-state index contributed by atoms with van der Waals surface area (Å²) < 4.78 is 27.3. The predicted molar refractivity (Wildman–Crippen MR) is 115 cm³/mol. The summed E-state index contributed by atoms with van der Waals surface area (Å²) in [5.41, 5.74) is 2.01. The van der Waals surface area contributed by atoms with Crippen molar-refractivity contribution in [2.24, 2.45) is 0 Å². The summed E-state index contributed by atoms with van der Waals surface area (Å²) in [4.78, 5) is 6.92. The Morgan fingerprint density at radius 3 is 2.36 bits per heavy atom. The molecule has 0 spiro atoms. The molecule has 4 rings (SSSR count). The Morgan fingerprint density at radius 1 is 0.964 bits per heavy atom. The Bertz CT molecular complexity index is 1080. The Hall–Kier alpha value is -1.64. The topological polar surface area (TPSA) is 53.5 Å². The molecule has 1 saturated heterocycles. The van der Waals surface area contributed by atoms with Crippen molar-refractivity contribution in [2.45, 2.75) is 4.90 Å². The quantitative estimate of drug-likeness (QED) is 0.577. The van der Waals surface area contributed by atoms with Gasteiger partial charge < -0.3 is 4.90 Å². The van der Waals surface area contributed by atoms with E-state index in [-0.39, 0.29) is 9.92 Å². The van der Waals surface area contributed by atoms with Crippen LogP contribution in [0.4, 0.5) is 5.13 Å². The molecular formula is C19H17Cl2N3O2S2. The Labute approximate surface area is 178 Å². The summed E-state index contributed by atoms with van der Waals surface area (Å²) in [6.07, 6.45) is 0. The first-order valence-electron chi connectivity index (χ1n) is 8.66. The molecule has 1 aliphatic rings. The summed E-state index contributed by atoms with van der Waals surface area (Å²) in [5.74, 6) is 0. The molecule has 0 radical (unpaired) electrons. The van der Waals surface area contributed by atoms with Gasteiger partial charge in [0.05, 0.1) is 10.7 Å². The maximum absolute atomic E-state index is 12.9. The predicted octanol–water partition coefficient (Wildman–Crippen LogP) is 4.63. The third-order valence-electron chi connectivity index (χ3n) is 4.58. The van der Waals surface area contributed by atoms with Gasteiger partial charge in [0.2, 0.25) is 10.0 Å². The van der Waals surface area contributed by atoms with Gasteiger partial charge in [-0.1, -0.05) is 53.5 Å². The molecule has 1 aromatic heterocycles. The summed E-state index contributed by atoms with van der Waals surface area (Å²) in [7, 11) is -3.65. The average molecular weight is 454 g/mol. The fourth-order valence-electron chi connectivity index (χ4n) is 3.09. The maximum Gasteiger partial charge on any atom is 0.244 e. The van der Waals surface area contributed by atoms with Crippen LogP contribution in [-0.2, 0) is 10.0 Å². The molecule has 146 valence electrons. The minimum atomic E-state index is -3.65. The second-order valence-electron chi connectivity index (χ2n) is 6.35. The van der Waals surface area contributed by atoms with Crippen LogP contribution in [0.15, 0.2) is 58.8 Å². The van der Waals surface area contributed by atoms with Gasteiger partial charge in [-0.05, 0) is 18.2 Å². The fourth-order valence-corrected chi connectivity index (χ4v) is 6.15. The number of aromatic nitrogens is 1. The highest BCUT2D eigenvalue weighted by Crippen LogP contribution is 2.31. The normalized spacial score (nSPS) is 15.7. The number of rotatable bonds is 4. The van der Waals surface area contributed by atoms with Gasteiger partial charge in [0.1, 0.15) is 4.90 Å². The number of hydrogen-bond acceptors (Lipinski definition) is 5. The van der Waals surface area contributed by atoms with Crippen molar-refractivity contribution in [1.82, 2.24) is 9.29 Å². The van der Waals surface area contributed by atoms with E-state index in [1.807, 2.05) is 35.7 Å². The van der Waals surface area contributed by atoms with Gasteiger partial charge in [0.25, 0.3) is 0 Å². The van der Waals surface area contributed by atoms with Crippen molar-refractivity contribution < 1.29 is 8.42 Å². The SMILES string of the molecule is O=S(=O)(c1ccc(Cl)cc1Cl)N1CCN(c2nc(-c3ccccc3)cs2)CC1. The van der Waals surface area contributed by atoms with E-state index in [4.69, 9.17) is 28.2 Å². The van der Waals surface area contributed by atoms with E-state index in [2.05, 4.69) is 4.90 Å². The van der Waals surface area contributed by atoms with Crippen molar-refractivity contribution in [3.63, 3.8) is 0 Å². The molecule has 0 N–H and O–H groups in total. The monoisotopic (exact) mass is 453 g/mol. The highest BCUT2D eigenvalue weighted by molar-refractivity contribution is 7.89. The zero-order valence-electron chi connectivity index (χ0n) is 14.8. The number of nitrogens with zero attached hydrogens (tertiary/aromatic N) is 3. The van der Waals surface area contributed by atoms with E-state index < -0.39 is 10.0 Å². The van der Waals surface area contributed by atoms with Crippen molar-refractivity contribution in [3.8, 4) is 11.3 Å². The summed E-state index contributed by atoms with van der Waals surface area (Å²) in [5, 5.41) is 3.48. The summed E-state index contributed by atoms with van der Waals surface area (Å²) in [6.45, 7) is 1.90. The highest BCUT2D eigenvalue weighted by Gasteiger charge is 2.31. The molecule has 2 aromatic carbocycles. The zero-order valence-corrected chi connectivity index (χ0v) is 17.9.